The Bertz CT molecular complexity index is 189. The summed E-state index contributed by atoms with van der Waals surface area (Å²) >= 11 is 0. The summed E-state index contributed by atoms with van der Waals surface area (Å²) in [6.45, 7) is 0.509. The van der Waals surface area contributed by atoms with Crippen molar-refractivity contribution in [1.29, 1.82) is 0 Å². The molecule has 0 aromatic heterocycles. The van der Waals surface area contributed by atoms with Crippen LogP contribution in [0, 0.1) is 0 Å². The van der Waals surface area contributed by atoms with Gasteiger partial charge >= 0.3 is 0 Å². The molecule has 3 heteroatoms. The molecule has 0 spiro atoms. The van der Waals surface area contributed by atoms with Gasteiger partial charge in [0, 0.05) is 0 Å². The van der Waals surface area contributed by atoms with E-state index < -0.39 is 0 Å². The highest BCUT2D eigenvalue weighted by molar-refractivity contribution is 5.13. The molecule has 3 nitrogen and oxygen atoms in total. The second-order valence-electron chi connectivity index (χ2n) is 2.06. The van der Waals surface area contributed by atoms with Gasteiger partial charge in [-0.15, -0.1) is 0 Å². The summed E-state index contributed by atoms with van der Waals surface area (Å²) in [6.07, 6.45) is 0. The van der Waals surface area contributed by atoms with Crippen molar-refractivity contribution in [3.63, 3.8) is 0 Å². The smallest absolute Gasteiger partial charge is 0.0959 e. The van der Waals surface area contributed by atoms with E-state index in [9.17, 15) is 0 Å². The molecule has 0 unspecified atom stereocenters. The van der Waals surface area contributed by atoms with Crippen LogP contribution in [0.2, 0.25) is 0 Å². The van der Waals surface area contributed by atoms with E-state index in [1.165, 1.54) is 7.11 Å². The highest BCUT2D eigenvalue weighted by Gasteiger charge is 1.88. The first-order chi connectivity index (χ1) is 5.43. The molecular formula is C8H11NO2. The molecule has 0 saturated heterocycles. The monoisotopic (exact) mass is 153 g/mol. The van der Waals surface area contributed by atoms with E-state index in [0.29, 0.717) is 6.61 Å². The first kappa shape index (κ1) is 8.20. The number of hydrogen-bond acceptors (Lipinski definition) is 3. The standard InChI is InChI=1S/C8H11NO2/c1-10-9-11-7-8-5-3-2-4-6-8/h2-6,9H,7H2,1H3. The molecule has 0 saturated carbocycles. The van der Waals surface area contributed by atoms with Crippen LogP contribution in [0.5, 0.6) is 0 Å². The molecule has 11 heavy (non-hydrogen) atoms. The van der Waals surface area contributed by atoms with E-state index in [0.717, 1.165) is 5.56 Å². The SMILES string of the molecule is CONOCc1ccccc1. The highest BCUT2D eigenvalue weighted by atomic mass is 16.9. The van der Waals surface area contributed by atoms with E-state index in [-0.39, 0.29) is 0 Å². The zero-order chi connectivity index (χ0) is 7.94. The van der Waals surface area contributed by atoms with Crippen LogP contribution in [0.1, 0.15) is 5.56 Å². The number of hydrogen-bond donors (Lipinski definition) is 1. The van der Waals surface area contributed by atoms with Crippen LogP contribution in [0.3, 0.4) is 0 Å². The van der Waals surface area contributed by atoms with Crippen LogP contribution in [0.25, 0.3) is 0 Å². The van der Waals surface area contributed by atoms with Gasteiger partial charge in [0.05, 0.1) is 13.7 Å². The van der Waals surface area contributed by atoms with Gasteiger partial charge in [0.15, 0.2) is 0 Å². The molecule has 1 rings (SSSR count). The Morgan fingerprint density at radius 3 is 2.64 bits per heavy atom. The number of nitrogens with one attached hydrogen (secondary N) is 1. The average molecular weight is 153 g/mol. The number of benzene rings is 1. The lowest BCUT2D eigenvalue weighted by Crippen LogP contribution is -2.11. The Balaban J connectivity index is 2.28. The Morgan fingerprint density at radius 1 is 1.27 bits per heavy atom. The summed E-state index contributed by atoms with van der Waals surface area (Å²) in [5.74, 6) is 0. The topological polar surface area (TPSA) is 30.5 Å². The molecule has 0 amide bonds. The van der Waals surface area contributed by atoms with E-state index in [1.54, 1.807) is 0 Å². The first-order valence-corrected chi connectivity index (χ1v) is 3.37. The minimum atomic E-state index is 0.509. The molecule has 0 radical (unpaired) electrons. The minimum absolute atomic E-state index is 0.509. The fourth-order valence-electron chi connectivity index (χ4n) is 0.746. The number of rotatable bonds is 4. The summed E-state index contributed by atoms with van der Waals surface area (Å²) in [5.41, 5.74) is 3.41. The van der Waals surface area contributed by atoms with Crippen LogP contribution in [-0.4, -0.2) is 7.11 Å². The van der Waals surface area contributed by atoms with Gasteiger partial charge in [0.1, 0.15) is 0 Å². The third-order valence-corrected chi connectivity index (χ3v) is 1.22. The summed E-state index contributed by atoms with van der Waals surface area (Å²) in [4.78, 5) is 9.39. The highest BCUT2D eigenvalue weighted by Crippen LogP contribution is 1.98. The Hall–Kier alpha value is -0.900. The second kappa shape index (κ2) is 4.85. The fraction of sp³-hybridized carbons (Fsp3) is 0.250. The first-order valence-electron chi connectivity index (χ1n) is 3.37. The average Bonchev–Trinajstić information content (AvgIpc) is 2.07. The lowest BCUT2D eigenvalue weighted by atomic mass is 10.2. The maximum absolute atomic E-state index is 4.90. The van der Waals surface area contributed by atoms with Crippen LogP contribution in [0.15, 0.2) is 30.3 Å². The Morgan fingerprint density at radius 2 is 2.00 bits per heavy atom. The van der Waals surface area contributed by atoms with Gasteiger partial charge in [-0.2, -0.15) is 0 Å². The molecule has 0 fully saturated rings. The minimum Gasteiger partial charge on any atom is -0.280 e. The lowest BCUT2D eigenvalue weighted by Gasteiger charge is -2.01. The van der Waals surface area contributed by atoms with E-state index in [1.807, 2.05) is 30.3 Å². The molecular weight excluding hydrogens is 142 g/mol. The molecule has 0 aliphatic rings. The van der Waals surface area contributed by atoms with Crippen molar-refractivity contribution in [3.8, 4) is 0 Å². The van der Waals surface area contributed by atoms with E-state index >= 15 is 0 Å². The second-order valence-corrected chi connectivity index (χ2v) is 2.06. The summed E-state index contributed by atoms with van der Waals surface area (Å²) in [5, 5.41) is 0. The van der Waals surface area contributed by atoms with Crippen molar-refractivity contribution in [1.82, 2.24) is 5.64 Å². The predicted octanol–water partition coefficient (Wildman–Crippen LogP) is 1.27. The molecule has 0 heterocycles. The van der Waals surface area contributed by atoms with Gasteiger partial charge in [0.25, 0.3) is 0 Å². The quantitative estimate of drug-likeness (QED) is 0.522. The van der Waals surface area contributed by atoms with Gasteiger partial charge in [-0.05, 0) is 5.56 Å². The predicted molar refractivity (Wildman–Crippen MR) is 41.4 cm³/mol. The largest absolute Gasteiger partial charge is 0.280 e. The molecule has 0 aliphatic heterocycles. The molecule has 0 aliphatic carbocycles. The zero-order valence-corrected chi connectivity index (χ0v) is 6.41. The van der Waals surface area contributed by atoms with Gasteiger partial charge < -0.3 is 0 Å². The van der Waals surface area contributed by atoms with Gasteiger partial charge in [-0.3, -0.25) is 9.68 Å². The maximum atomic E-state index is 4.90. The Labute approximate surface area is 65.8 Å². The molecule has 0 bridgehead atoms. The summed E-state index contributed by atoms with van der Waals surface area (Å²) in [7, 11) is 1.50. The van der Waals surface area contributed by atoms with Crippen LogP contribution >= 0.6 is 0 Å². The summed E-state index contributed by atoms with van der Waals surface area (Å²) in [6, 6.07) is 9.86. The fourth-order valence-corrected chi connectivity index (χ4v) is 0.746. The molecule has 1 N–H and O–H groups in total. The van der Waals surface area contributed by atoms with Crippen molar-refractivity contribution in [2.45, 2.75) is 6.61 Å². The maximum Gasteiger partial charge on any atom is 0.0959 e. The molecule has 1 aromatic rings. The van der Waals surface area contributed by atoms with Crippen LogP contribution < -0.4 is 5.64 Å². The molecule has 60 valence electrons. The molecule has 1 aromatic carbocycles. The molecule has 0 atom stereocenters. The third kappa shape index (κ3) is 3.13. The zero-order valence-electron chi connectivity index (χ0n) is 6.41. The normalized spacial score (nSPS) is 9.91. The van der Waals surface area contributed by atoms with E-state index in [4.69, 9.17) is 4.84 Å². The van der Waals surface area contributed by atoms with E-state index in [2.05, 4.69) is 10.5 Å². The van der Waals surface area contributed by atoms with Crippen molar-refractivity contribution in [3.05, 3.63) is 35.9 Å². The van der Waals surface area contributed by atoms with Crippen molar-refractivity contribution in [2.24, 2.45) is 0 Å². The van der Waals surface area contributed by atoms with Gasteiger partial charge in [-0.1, -0.05) is 36.0 Å². The van der Waals surface area contributed by atoms with Crippen molar-refractivity contribution < 1.29 is 9.68 Å². The van der Waals surface area contributed by atoms with Gasteiger partial charge in [0.2, 0.25) is 0 Å². The summed E-state index contributed by atoms with van der Waals surface area (Å²) < 4.78 is 0. The lowest BCUT2D eigenvalue weighted by molar-refractivity contribution is -0.159. The third-order valence-electron chi connectivity index (χ3n) is 1.22. The van der Waals surface area contributed by atoms with Gasteiger partial charge in [-0.25, -0.2) is 0 Å². The van der Waals surface area contributed by atoms with Crippen molar-refractivity contribution >= 4 is 0 Å². The van der Waals surface area contributed by atoms with Crippen LogP contribution in [0.4, 0.5) is 0 Å². The Kier molecular flexibility index (Phi) is 3.61. The van der Waals surface area contributed by atoms with Crippen LogP contribution in [-0.2, 0) is 16.3 Å². The van der Waals surface area contributed by atoms with Crippen molar-refractivity contribution in [2.75, 3.05) is 7.11 Å².